The minimum Gasteiger partial charge on any atom is -0.481 e. The van der Waals surface area contributed by atoms with Crippen LogP contribution in [0.3, 0.4) is 0 Å². The molecule has 0 saturated carbocycles. The van der Waals surface area contributed by atoms with Crippen LogP contribution in [0.2, 0.25) is 0 Å². The van der Waals surface area contributed by atoms with E-state index >= 15 is 0 Å². The normalized spacial score (nSPS) is 10.1. The Labute approximate surface area is 241 Å². The number of nitrogens with one attached hydrogen (secondary N) is 1. The molecule has 3 aromatic rings. The first-order chi connectivity index (χ1) is 19.6. The molecule has 0 bridgehead atoms. The standard InChI is InChI=1S/C9H9NO2.C8H11N.C8H8O2.C6H14N2O2/c1-7(12)10-9-4-2-8(6-11)3-5-9;9-7-6-8-4-2-1-3-5-8;9-8(10)6-7-4-2-1-3-5-7;7-4-2-1-3-5(8)6(9)10/h2-6H,1H3,(H,10,12);1-5H,6-7,9H2;1-5H,6H2,(H,9,10);5H,1-4,7-8H2,(H,9,10)/t;;;5-/m...0/s1. The lowest BCUT2D eigenvalue weighted by molar-refractivity contribution is -0.139. The highest BCUT2D eigenvalue weighted by atomic mass is 16.4. The fourth-order valence-corrected chi connectivity index (χ4v) is 3.06. The number of unbranched alkanes of at least 4 members (excludes halogenated alkanes) is 1. The minimum absolute atomic E-state index is 0.112. The van der Waals surface area contributed by atoms with Gasteiger partial charge in [-0.15, -0.1) is 0 Å². The second-order valence-corrected chi connectivity index (χ2v) is 8.73. The van der Waals surface area contributed by atoms with Gasteiger partial charge in [-0.05, 0) is 67.7 Å². The number of carboxylic acids is 2. The number of carboxylic acid groups (broad SMARTS) is 2. The second-order valence-electron chi connectivity index (χ2n) is 8.73. The molecule has 0 fully saturated rings. The highest BCUT2D eigenvalue weighted by molar-refractivity contribution is 5.89. The maximum atomic E-state index is 10.6. The van der Waals surface area contributed by atoms with Crippen LogP contribution in [0.5, 0.6) is 0 Å². The second kappa shape index (κ2) is 23.5. The number of rotatable bonds is 11. The minimum atomic E-state index is -0.933. The Bertz CT molecular complexity index is 1130. The third kappa shape index (κ3) is 21.2. The van der Waals surface area contributed by atoms with E-state index in [1.165, 1.54) is 12.5 Å². The lowest BCUT2D eigenvalue weighted by Crippen LogP contribution is -2.29. The number of aliphatic carboxylic acids is 2. The van der Waals surface area contributed by atoms with Crippen molar-refractivity contribution < 1.29 is 29.4 Å². The van der Waals surface area contributed by atoms with Crippen molar-refractivity contribution >= 4 is 29.8 Å². The van der Waals surface area contributed by atoms with Gasteiger partial charge in [0.15, 0.2) is 0 Å². The van der Waals surface area contributed by atoms with E-state index in [1.54, 1.807) is 36.4 Å². The Kier molecular flexibility index (Phi) is 21.0. The Hall–Kier alpha value is -4.38. The van der Waals surface area contributed by atoms with Crippen molar-refractivity contribution in [2.24, 2.45) is 17.2 Å². The first-order valence-corrected chi connectivity index (χ1v) is 13.1. The zero-order valence-corrected chi connectivity index (χ0v) is 23.4. The van der Waals surface area contributed by atoms with Crippen LogP contribution in [0.4, 0.5) is 5.69 Å². The molecule has 0 aliphatic carbocycles. The van der Waals surface area contributed by atoms with E-state index in [0.717, 1.165) is 37.7 Å². The zero-order valence-electron chi connectivity index (χ0n) is 23.4. The van der Waals surface area contributed by atoms with E-state index in [-0.39, 0.29) is 12.3 Å². The molecule has 10 nitrogen and oxygen atoms in total. The lowest BCUT2D eigenvalue weighted by atomic mass is 10.1. The van der Waals surface area contributed by atoms with Crippen LogP contribution in [-0.4, -0.2) is 53.5 Å². The highest BCUT2D eigenvalue weighted by Crippen LogP contribution is 2.07. The highest BCUT2D eigenvalue weighted by Gasteiger charge is 2.09. The monoisotopic (exact) mass is 566 g/mol. The number of carbonyl (C=O) groups excluding carboxylic acids is 2. The molecular weight excluding hydrogens is 524 g/mol. The molecule has 222 valence electrons. The molecule has 0 aliphatic heterocycles. The number of nitrogens with two attached hydrogens (primary N) is 3. The van der Waals surface area contributed by atoms with Crippen molar-refractivity contribution in [2.75, 3.05) is 18.4 Å². The number of amides is 1. The molecule has 0 aromatic heterocycles. The van der Waals surface area contributed by atoms with Gasteiger partial charge in [0.2, 0.25) is 5.91 Å². The summed E-state index contributed by atoms with van der Waals surface area (Å²) >= 11 is 0. The fraction of sp³-hybridized carbons (Fsp3) is 0.290. The number of benzene rings is 3. The molecule has 10 heteroatoms. The summed E-state index contributed by atoms with van der Waals surface area (Å²) in [6, 6.07) is 25.3. The molecule has 3 aromatic carbocycles. The van der Waals surface area contributed by atoms with Crippen molar-refractivity contribution in [3.8, 4) is 0 Å². The molecule has 9 N–H and O–H groups in total. The van der Waals surface area contributed by atoms with Crippen molar-refractivity contribution in [2.45, 2.75) is 45.1 Å². The number of hydrogen-bond acceptors (Lipinski definition) is 7. The van der Waals surface area contributed by atoms with Crippen LogP contribution in [0, 0.1) is 0 Å². The van der Waals surface area contributed by atoms with Crippen molar-refractivity contribution in [1.82, 2.24) is 0 Å². The summed E-state index contributed by atoms with van der Waals surface area (Å²) < 4.78 is 0. The van der Waals surface area contributed by atoms with Gasteiger partial charge in [0.05, 0.1) is 6.42 Å². The fourth-order valence-electron chi connectivity index (χ4n) is 3.06. The Morgan fingerprint density at radius 3 is 1.76 bits per heavy atom. The summed E-state index contributed by atoms with van der Waals surface area (Å²) in [6.45, 7) is 2.78. The number of hydrogen-bond donors (Lipinski definition) is 6. The number of anilines is 1. The Morgan fingerprint density at radius 1 is 0.805 bits per heavy atom. The average molecular weight is 567 g/mol. The van der Waals surface area contributed by atoms with Gasteiger partial charge >= 0.3 is 11.9 Å². The molecule has 1 atom stereocenters. The molecule has 41 heavy (non-hydrogen) atoms. The molecule has 0 saturated heterocycles. The van der Waals surface area contributed by atoms with Gasteiger partial charge in [0, 0.05) is 18.2 Å². The Morgan fingerprint density at radius 2 is 1.34 bits per heavy atom. The summed E-state index contributed by atoms with van der Waals surface area (Å²) in [4.78, 5) is 41.1. The summed E-state index contributed by atoms with van der Waals surface area (Å²) in [5.74, 6) is -1.84. The van der Waals surface area contributed by atoms with Gasteiger partial charge in [-0.2, -0.15) is 0 Å². The third-order valence-corrected chi connectivity index (χ3v) is 5.13. The van der Waals surface area contributed by atoms with E-state index in [0.29, 0.717) is 24.2 Å². The van der Waals surface area contributed by atoms with Crippen molar-refractivity contribution in [1.29, 1.82) is 0 Å². The molecule has 3 rings (SSSR count). The van der Waals surface area contributed by atoms with Crippen LogP contribution in [0.25, 0.3) is 0 Å². The van der Waals surface area contributed by atoms with E-state index in [4.69, 9.17) is 27.4 Å². The van der Waals surface area contributed by atoms with Crippen LogP contribution >= 0.6 is 0 Å². The van der Waals surface area contributed by atoms with E-state index in [2.05, 4.69) is 17.4 Å². The SMILES string of the molecule is CC(=O)Nc1ccc(C=O)cc1.NCCCC[C@H](N)C(=O)O.NCCc1ccccc1.O=C(O)Cc1ccccc1. The summed E-state index contributed by atoms with van der Waals surface area (Å²) in [5, 5.41) is 19.3. The first-order valence-electron chi connectivity index (χ1n) is 13.1. The van der Waals surface area contributed by atoms with Gasteiger partial charge < -0.3 is 32.7 Å². The zero-order chi connectivity index (χ0) is 30.9. The average Bonchev–Trinajstić information content (AvgIpc) is 2.95. The molecule has 0 unspecified atom stereocenters. The molecular formula is C31H42N4O6. The first kappa shape index (κ1) is 36.6. The van der Waals surface area contributed by atoms with Crippen LogP contribution in [-0.2, 0) is 27.2 Å². The molecule has 0 aliphatic rings. The molecule has 1 amide bonds. The van der Waals surface area contributed by atoms with E-state index in [9.17, 15) is 19.2 Å². The quantitative estimate of drug-likeness (QED) is 0.148. The maximum Gasteiger partial charge on any atom is 0.320 e. The van der Waals surface area contributed by atoms with Crippen molar-refractivity contribution in [3.05, 3.63) is 102 Å². The lowest BCUT2D eigenvalue weighted by Gasteiger charge is -2.03. The van der Waals surface area contributed by atoms with Crippen LogP contribution < -0.4 is 22.5 Å². The topological polar surface area (TPSA) is 199 Å². The van der Waals surface area contributed by atoms with Gasteiger partial charge in [-0.3, -0.25) is 19.2 Å². The Balaban J connectivity index is 0.000000523. The van der Waals surface area contributed by atoms with Crippen molar-refractivity contribution in [3.63, 3.8) is 0 Å². The number of carbonyl (C=O) groups is 4. The summed E-state index contributed by atoms with van der Waals surface area (Å²) in [7, 11) is 0. The van der Waals surface area contributed by atoms with Gasteiger partial charge in [-0.1, -0.05) is 67.1 Å². The number of aldehydes is 1. The molecule has 0 radical (unpaired) electrons. The maximum absolute atomic E-state index is 10.6. The van der Waals surface area contributed by atoms with E-state index in [1.807, 2.05) is 36.4 Å². The summed E-state index contributed by atoms with van der Waals surface area (Å²) in [5.41, 5.74) is 19.2. The third-order valence-electron chi connectivity index (χ3n) is 5.13. The predicted molar refractivity (Wildman–Crippen MR) is 162 cm³/mol. The van der Waals surface area contributed by atoms with Crippen LogP contribution in [0.15, 0.2) is 84.9 Å². The van der Waals surface area contributed by atoms with Gasteiger partial charge in [0.25, 0.3) is 0 Å². The molecule has 0 heterocycles. The molecule has 0 spiro atoms. The summed E-state index contributed by atoms with van der Waals surface area (Å²) in [6.07, 6.45) is 4.02. The predicted octanol–water partition coefficient (Wildman–Crippen LogP) is 3.49. The largest absolute Gasteiger partial charge is 0.481 e. The van der Waals surface area contributed by atoms with Gasteiger partial charge in [0.1, 0.15) is 12.3 Å². The van der Waals surface area contributed by atoms with E-state index < -0.39 is 18.0 Å². The van der Waals surface area contributed by atoms with Crippen LogP contribution in [0.1, 0.15) is 47.7 Å². The smallest absolute Gasteiger partial charge is 0.320 e. The van der Waals surface area contributed by atoms with Gasteiger partial charge in [-0.25, -0.2) is 0 Å².